The van der Waals surface area contributed by atoms with E-state index in [0.717, 1.165) is 42.2 Å². The molecule has 0 aliphatic carbocycles. The Morgan fingerprint density at radius 2 is 1.90 bits per heavy atom. The minimum absolute atomic E-state index is 0.133. The van der Waals surface area contributed by atoms with Gasteiger partial charge < -0.3 is 10.1 Å². The Bertz CT molecular complexity index is 958. The zero-order chi connectivity index (χ0) is 22.5. The van der Waals surface area contributed by atoms with Gasteiger partial charge in [-0.25, -0.2) is 9.18 Å². The van der Waals surface area contributed by atoms with Gasteiger partial charge in [-0.05, 0) is 36.6 Å². The SMILES string of the molecule is CCc1c(C)sc(NC(=O)CN2CCN(Cc3ccc(F)c(Cl)c3)CC2)c1C(=O)OC. The Kier molecular flexibility index (Phi) is 8.05. The molecule has 1 aromatic carbocycles. The Morgan fingerprint density at radius 3 is 2.52 bits per heavy atom. The Labute approximate surface area is 190 Å². The Morgan fingerprint density at radius 1 is 1.23 bits per heavy atom. The highest BCUT2D eigenvalue weighted by atomic mass is 35.5. The van der Waals surface area contributed by atoms with E-state index >= 15 is 0 Å². The smallest absolute Gasteiger partial charge is 0.341 e. The number of carbonyl (C=O) groups is 2. The number of nitrogens with one attached hydrogen (secondary N) is 1. The maximum absolute atomic E-state index is 13.3. The van der Waals surface area contributed by atoms with Gasteiger partial charge in [-0.3, -0.25) is 14.6 Å². The van der Waals surface area contributed by atoms with Gasteiger partial charge in [0.1, 0.15) is 10.8 Å². The molecule has 2 aromatic rings. The van der Waals surface area contributed by atoms with Gasteiger partial charge >= 0.3 is 5.97 Å². The minimum Gasteiger partial charge on any atom is -0.465 e. The third-order valence-electron chi connectivity index (χ3n) is 5.43. The van der Waals surface area contributed by atoms with Crippen LogP contribution in [0.5, 0.6) is 0 Å². The number of esters is 1. The molecule has 1 fully saturated rings. The van der Waals surface area contributed by atoms with Gasteiger partial charge in [0.25, 0.3) is 0 Å². The fourth-order valence-corrected chi connectivity index (χ4v) is 5.13. The van der Waals surface area contributed by atoms with Crippen LogP contribution in [0.15, 0.2) is 18.2 Å². The van der Waals surface area contributed by atoms with Gasteiger partial charge in [0.15, 0.2) is 0 Å². The second-order valence-corrected chi connectivity index (χ2v) is 9.17. The monoisotopic (exact) mass is 467 g/mol. The van der Waals surface area contributed by atoms with Crippen LogP contribution in [0.1, 0.15) is 33.3 Å². The molecule has 1 saturated heterocycles. The zero-order valence-electron chi connectivity index (χ0n) is 18.0. The van der Waals surface area contributed by atoms with Crippen molar-refractivity contribution >= 4 is 39.8 Å². The lowest BCUT2D eigenvalue weighted by atomic mass is 10.1. The number of hydrogen-bond donors (Lipinski definition) is 1. The first-order chi connectivity index (χ1) is 14.8. The average molecular weight is 468 g/mol. The quantitative estimate of drug-likeness (QED) is 0.625. The van der Waals surface area contributed by atoms with E-state index in [-0.39, 0.29) is 17.5 Å². The van der Waals surface area contributed by atoms with E-state index in [1.165, 1.54) is 24.5 Å². The third-order valence-corrected chi connectivity index (χ3v) is 6.78. The first-order valence-corrected chi connectivity index (χ1v) is 11.4. The molecule has 31 heavy (non-hydrogen) atoms. The summed E-state index contributed by atoms with van der Waals surface area (Å²) in [5, 5.41) is 3.59. The summed E-state index contributed by atoms with van der Waals surface area (Å²) in [6.45, 7) is 7.96. The molecule has 1 aliphatic heterocycles. The number of nitrogens with zero attached hydrogens (tertiary/aromatic N) is 2. The molecular weight excluding hydrogens is 441 g/mol. The molecular formula is C22H27ClFN3O3S. The van der Waals surface area contributed by atoms with E-state index in [4.69, 9.17) is 16.3 Å². The van der Waals surface area contributed by atoms with E-state index in [1.54, 1.807) is 12.1 Å². The highest BCUT2D eigenvalue weighted by Gasteiger charge is 2.24. The van der Waals surface area contributed by atoms with Crippen LogP contribution in [0.2, 0.25) is 5.02 Å². The van der Waals surface area contributed by atoms with Crippen molar-refractivity contribution in [2.24, 2.45) is 0 Å². The van der Waals surface area contributed by atoms with Gasteiger partial charge in [0.2, 0.25) is 5.91 Å². The van der Waals surface area contributed by atoms with Crippen molar-refractivity contribution in [1.82, 2.24) is 9.80 Å². The van der Waals surface area contributed by atoms with Crippen molar-refractivity contribution in [2.45, 2.75) is 26.8 Å². The molecule has 1 aromatic heterocycles. The molecule has 0 radical (unpaired) electrons. The number of hydrogen-bond acceptors (Lipinski definition) is 6. The van der Waals surface area contributed by atoms with Crippen LogP contribution in [-0.2, 0) is 22.5 Å². The van der Waals surface area contributed by atoms with Gasteiger partial charge in [-0.2, -0.15) is 0 Å². The van der Waals surface area contributed by atoms with Gasteiger partial charge in [-0.15, -0.1) is 11.3 Å². The van der Waals surface area contributed by atoms with Crippen LogP contribution >= 0.6 is 22.9 Å². The first kappa shape index (κ1) is 23.7. The second-order valence-electron chi connectivity index (χ2n) is 7.53. The number of anilines is 1. The van der Waals surface area contributed by atoms with E-state index in [9.17, 15) is 14.0 Å². The molecule has 1 amide bonds. The topological polar surface area (TPSA) is 61.9 Å². The predicted octanol–water partition coefficient (Wildman–Crippen LogP) is 3.95. The van der Waals surface area contributed by atoms with Crippen LogP contribution in [-0.4, -0.2) is 61.5 Å². The number of aryl methyl sites for hydroxylation is 1. The number of piperazine rings is 1. The minimum atomic E-state index is -0.425. The molecule has 2 heterocycles. The van der Waals surface area contributed by atoms with Crippen LogP contribution in [0.25, 0.3) is 0 Å². The summed E-state index contributed by atoms with van der Waals surface area (Å²) in [6, 6.07) is 4.79. The number of ether oxygens (including phenoxy) is 1. The molecule has 1 aliphatic rings. The van der Waals surface area contributed by atoms with E-state index in [0.29, 0.717) is 23.5 Å². The molecule has 0 saturated carbocycles. The summed E-state index contributed by atoms with van der Waals surface area (Å²) >= 11 is 7.27. The molecule has 1 N–H and O–H groups in total. The Hall–Kier alpha value is -2.00. The number of halogens is 2. The lowest BCUT2D eigenvalue weighted by molar-refractivity contribution is -0.117. The number of carbonyl (C=O) groups excluding carboxylic acids is 2. The van der Waals surface area contributed by atoms with Crippen molar-refractivity contribution < 1.29 is 18.7 Å². The normalized spacial score (nSPS) is 15.1. The van der Waals surface area contributed by atoms with Crippen molar-refractivity contribution in [1.29, 1.82) is 0 Å². The summed E-state index contributed by atoms with van der Waals surface area (Å²) in [7, 11) is 1.35. The zero-order valence-corrected chi connectivity index (χ0v) is 19.5. The molecule has 0 unspecified atom stereocenters. The lowest BCUT2D eigenvalue weighted by Crippen LogP contribution is -2.48. The third kappa shape index (κ3) is 5.83. The van der Waals surface area contributed by atoms with Crippen molar-refractivity contribution in [3.05, 3.63) is 50.6 Å². The molecule has 0 spiro atoms. The number of methoxy groups -OCH3 is 1. The van der Waals surface area contributed by atoms with Crippen molar-refractivity contribution in [2.75, 3.05) is 45.2 Å². The van der Waals surface area contributed by atoms with Crippen LogP contribution in [0, 0.1) is 12.7 Å². The fraction of sp³-hybridized carbons (Fsp3) is 0.455. The summed E-state index contributed by atoms with van der Waals surface area (Å²) < 4.78 is 18.2. The molecule has 0 bridgehead atoms. The predicted molar refractivity (Wildman–Crippen MR) is 122 cm³/mol. The summed E-state index contributed by atoms with van der Waals surface area (Å²) in [5.41, 5.74) is 2.35. The summed E-state index contributed by atoms with van der Waals surface area (Å²) in [4.78, 5) is 30.2. The number of benzene rings is 1. The van der Waals surface area contributed by atoms with Crippen LogP contribution < -0.4 is 5.32 Å². The summed E-state index contributed by atoms with van der Waals surface area (Å²) in [6.07, 6.45) is 0.698. The van der Waals surface area contributed by atoms with Gasteiger partial charge in [0.05, 0.1) is 24.2 Å². The maximum Gasteiger partial charge on any atom is 0.341 e. The number of thiophene rings is 1. The maximum atomic E-state index is 13.3. The van der Waals surface area contributed by atoms with Crippen LogP contribution in [0.3, 0.4) is 0 Å². The average Bonchev–Trinajstić information content (AvgIpc) is 3.06. The first-order valence-electron chi connectivity index (χ1n) is 10.2. The standard InChI is InChI=1S/C22H27ClFN3O3S/c1-4-16-14(2)31-21(20(16)22(29)30-3)25-19(28)13-27-9-7-26(8-10-27)12-15-5-6-18(24)17(23)11-15/h5-6,11H,4,7-10,12-13H2,1-3H3,(H,25,28). The fourth-order valence-electron chi connectivity index (χ4n) is 3.78. The van der Waals surface area contributed by atoms with E-state index in [2.05, 4.69) is 15.1 Å². The van der Waals surface area contributed by atoms with E-state index < -0.39 is 11.8 Å². The molecule has 3 rings (SSSR count). The summed E-state index contributed by atoms with van der Waals surface area (Å²) in [5.74, 6) is -0.984. The molecule has 0 atom stereocenters. The van der Waals surface area contributed by atoms with Crippen LogP contribution in [0.4, 0.5) is 9.39 Å². The lowest BCUT2D eigenvalue weighted by Gasteiger charge is -2.34. The number of rotatable bonds is 7. The van der Waals surface area contributed by atoms with Gasteiger partial charge in [0, 0.05) is 37.6 Å². The largest absolute Gasteiger partial charge is 0.465 e. The number of amides is 1. The van der Waals surface area contributed by atoms with E-state index in [1.807, 2.05) is 13.8 Å². The molecule has 168 valence electrons. The molecule has 6 nitrogen and oxygen atoms in total. The molecule has 9 heteroatoms. The second kappa shape index (κ2) is 10.5. The highest BCUT2D eigenvalue weighted by Crippen LogP contribution is 2.34. The van der Waals surface area contributed by atoms with Crippen molar-refractivity contribution in [3.8, 4) is 0 Å². The highest BCUT2D eigenvalue weighted by molar-refractivity contribution is 7.16. The van der Waals surface area contributed by atoms with Crippen molar-refractivity contribution in [3.63, 3.8) is 0 Å². The Balaban J connectivity index is 1.53. The van der Waals surface area contributed by atoms with Gasteiger partial charge in [-0.1, -0.05) is 24.6 Å².